The van der Waals surface area contributed by atoms with Gasteiger partial charge in [-0.1, -0.05) is 6.58 Å². The fraction of sp³-hybridized carbons (Fsp3) is 0.333. The molecule has 1 aliphatic rings. The van der Waals surface area contributed by atoms with E-state index in [0.29, 0.717) is 18.4 Å². The number of amides is 2. The molecule has 0 unspecified atom stereocenters. The average Bonchev–Trinajstić information content (AvgIpc) is 1.80. The first-order valence-electron chi connectivity index (χ1n) is 2.72. The minimum atomic E-state index is -0.328. The molecule has 1 rings (SSSR count). The summed E-state index contributed by atoms with van der Waals surface area (Å²) in [5.74, 6) is -0.529. The first-order valence-corrected chi connectivity index (χ1v) is 2.72. The van der Waals surface area contributed by atoms with E-state index >= 15 is 0 Å². The zero-order valence-corrected chi connectivity index (χ0v) is 9.06. The van der Waals surface area contributed by atoms with Crippen LogP contribution in [0.4, 0.5) is 0 Å². The predicted molar refractivity (Wildman–Crippen MR) is 37.3 cm³/mol. The van der Waals surface area contributed by atoms with Gasteiger partial charge in [-0.25, -0.2) is 0 Å². The molecule has 10 heavy (non-hydrogen) atoms. The summed E-state index contributed by atoms with van der Waals surface area (Å²) in [7, 11) is 0. The van der Waals surface area contributed by atoms with Crippen molar-refractivity contribution in [2.45, 2.75) is 12.8 Å². The van der Waals surface area contributed by atoms with E-state index < -0.39 is 0 Å². The Balaban J connectivity index is 0.000000810. The van der Waals surface area contributed by atoms with E-state index in [-0.39, 0.29) is 63.2 Å². The first-order chi connectivity index (χ1) is 4.20. The van der Waals surface area contributed by atoms with E-state index in [2.05, 4.69) is 11.9 Å². The van der Waals surface area contributed by atoms with E-state index in [1.54, 1.807) is 0 Å². The number of carbonyl (C=O) groups is 2. The van der Waals surface area contributed by atoms with Crippen molar-refractivity contribution in [1.82, 2.24) is 5.32 Å². The second-order valence-electron chi connectivity index (χ2n) is 1.98. The predicted octanol–water partition coefficient (Wildman–Crippen LogP) is -0.402. The van der Waals surface area contributed by atoms with Gasteiger partial charge in [-0.15, -0.1) is 0 Å². The Labute approximate surface area is 102 Å². The molecule has 0 aromatic carbocycles. The molecule has 0 spiro atoms. The van der Waals surface area contributed by atoms with E-state index in [1.165, 1.54) is 0 Å². The summed E-state index contributed by atoms with van der Waals surface area (Å²) in [5.41, 5.74) is 0.495. The Morgan fingerprint density at radius 2 is 1.90 bits per heavy atom. The summed E-state index contributed by atoms with van der Waals surface area (Å²) in [6.07, 6.45) is 0.898. The van der Waals surface area contributed by atoms with Crippen LogP contribution in [0.5, 0.6) is 0 Å². The smallest absolute Gasteiger partial charge is 0.253 e. The van der Waals surface area contributed by atoms with E-state index in [1.807, 2.05) is 0 Å². The number of imide groups is 1. The van der Waals surface area contributed by atoms with Gasteiger partial charge in [0.15, 0.2) is 0 Å². The second kappa shape index (κ2) is 4.41. The number of hydrogen-bond donors (Lipinski definition) is 1. The fourth-order valence-corrected chi connectivity index (χ4v) is 0.655. The van der Waals surface area contributed by atoms with Gasteiger partial charge in [-0.3, -0.25) is 14.9 Å². The summed E-state index contributed by atoms with van der Waals surface area (Å²) in [5, 5.41) is 2.15. The molecule has 0 atom stereocenters. The Hall–Kier alpha value is 0.516. The molecule has 1 radical (unpaired) electrons. The summed E-state index contributed by atoms with van der Waals surface area (Å²) in [6.45, 7) is 3.47. The molecule has 1 fully saturated rings. The maximum atomic E-state index is 10.6. The minimum Gasteiger partial charge on any atom is -0.293 e. The van der Waals surface area contributed by atoms with Crippen molar-refractivity contribution in [2.24, 2.45) is 0 Å². The number of nitrogens with one attached hydrogen (secondary N) is 1. The van der Waals surface area contributed by atoms with E-state index in [4.69, 9.17) is 0 Å². The van der Waals surface area contributed by atoms with Gasteiger partial charge >= 0.3 is 0 Å². The monoisotopic (exact) mass is 164 g/mol. The van der Waals surface area contributed by atoms with Crippen LogP contribution in [0.25, 0.3) is 0 Å². The Morgan fingerprint density at radius 3 is 2.30 bits per heavy atom. The van der Waals surface area contributed by atoms with Gasteiger partial charge in [0.05, 0.1) is 0 Å². The average molecular weight is 164 g/mol. The minimum absolute atomic E-state index is 0. The van der Waals surface area contributed by atoms with Crippen LogP contribution >= 0.6 is 0 Å². The molecule has 0 aromatic heterocycles. The molecular weight excluding hydrogens is 157 g/mol. The van der Waals surface area contributed by atoms with Crippen molar-refractivity contribution in [2.75, 3.05) is 0 Å². The van der Waals surface area contributed by atoms with Crippen molar-refractivity contribution in [1.29, 1.82) is 0 Å². The SMILES string of the molecule is C=C1CCC(=O)NC1=O.[K]. The Kier molecular flexibility index (Phi) is 4.63. The van der Waals surface area contributed by atoms with Crippen molar-refractivity contribution >= 4 is 63.2 Å². The Morgan fingerprint density at radius 1 is 1.30 bits per heavy atom. The quantitative estimate of drug-likeness (QED) is 0.301. The van der Waals surface area contributed by atoms with Crippen LogP contribution in [0.2, 0.25) is 0 Å². The van der Waals surface area contributed by atoms with Gasteiger partial charge in [-0.05, 0) is 6.42 Å². The molecule has 1 saturated heterocycles. The van der Waals surface area contributed by atoms with Crippen LogP contribution < -0.4 is 5.32 Å². The zero-order chi connectivity index (χ0) is 6.85. The fourth-order valence-electron chi connectivity index (χ4n) is 0.655. The van der Waals surface area contributed by atoms with E-state index in [9.17, 15) is 9.59 Å². The zero-order valence-electron chi connectivity index (χ0n) is 5.94. The van der Waals surface area contributed by atoms with Gasteiger partial charge in [0, 0.05) is 63.4 Å². The molecule has 0 aliphatic carbocycles. The topological polar surface area (TPSA) is 46.2 Å². The largest absolute Gasteiger partial charge is 0.293 e. The molecule has 0 aromatic rings. The molecule has 1 aliphatic heterocycles. The summed E-state index contributed by atoms with van der Waals surface area (Å²) in [4.78, 5) is 21.0. The molecule has 2 amide bonds. The van der Waals surface area contributed by atoms with Crippen LogP contribution in [-0.4, -0.2) is 63.2 Å². The van der Waals surface area contributed by atoms with E-state index in [0.717, 1.165) is 0 Å². The molecule has 4 heteroatoms. The summed E-state index contributed by atoms with van der Waals surface area (Å²) in [6, 6.07) is 0. The second-order valence-corrected chi connectivity index (χ2v) is 1.98. The molecule has 3 nitrogen and oxygen atoms in total. The Bertz CT molecular complexity index is 188. The van der Waals surface area contributed by atoms with Crippen LogP contribution in [0.1, 0.15) is 12.8 Å². The van der Waals surface area contributed by atoms with Gasteiger partial charge in [-0.2, -0.15) is 0 Å². The van der Waals surface area contributed by atoms with Crippen LogP contribution in [-0.2, 0) is 9.59 Å². The van der Waals surface area contributed by atoms with Crippen molar-refractivity contribution in [3.8, 4) is 0 Å². The third kappa shape index (κ3) is 2.63. The maximum absolute atomic E-state index is 10.6. The summed E-state index contributed by atoms with van der Waals surface area (Å²) < 4.78 is 0. The van der Waals surface area contributed by atoms with Crippen LogP contribution in [0, 0.1) is 0 Å². The number of piperidine rings is 1. The van der Waals surface area contributed by atoms with Gasteiger partial charge in [0.1, 0.15) is 0 Å². The third-order valence-electron chi connectivity index (χ3n) is 1.23. The van der Waals surface area contributed by atoms with Crippen LogP contribution in [0.3, 0.4) is 0 Å². The normalized spacial score (nSPS) is 17.8. The molecule has 1 N–H and O–H groups in total. The van der Waals surface area contributed by atoms with Crippen LogP contribution in [0.15, 0.2) is 12.2 Å². The molecule has 1 heterocycles. The first kappa shape index (κ1) is 10.5. The maximum Gasteiger partial charge on any atom is 0.253 e. The number of rotatable bonds is 0. The molecule has 0 bridgehead atoms. The number of hydrogen-bond acceptors (Lipinski definition) is 2. The summed E-state index contributed by atoms with van der Waals surface area (Å²) >= 11 is 0. The number of carbonyl (C=O) groups excluding carboxylic acids is 2. The standard InChI is InChI=1S/C6H7NO2.K/c1-4-2-3-5(8)7-6(4)9;/h1-3H2,(H,7,8,9);. The van der Waals surface area contributed by atoms with Crippen molar-refractivity contribution < 1.29 is 9.59 Å². The molecule has 0 saturated carbocycles. The molecule has 49 valence electrons. The van der Waals surface area contributed by atoms with Crippen molar-refractivity contribution in [3.05, 3.63) is 12.2 Å². The van der Waals surface area contributed by atoms with Gasteiger partial charge < -0.3 is 0 Å². The van der Waals surface area contributed by atoms with Crippen molar-refractivity contribution in [3.63, 3.8) is 0 Å². The van der Waals surface area contributed by atoms with Gasteiger partial charge in [0.2, 0.25) is 5.91 Å². The van der Waals surface area contributed by atoms with Gasteiger partial charge in [0.25, 0.3) is 5.91 Å². The third-order valence-corrected chi connectivity index (χ3v) is 1.23. The molecular formula is C6H7KNO2.